The zero-order valence-electron chi connectivity index (χ0n) is 11.9. The molecule has 0 saturated heterocycles. The van der Waals surface area contributed by atoms with Crippen molar-refractivity contribution < 1.29 is 9.90 Å². The van der Waals surface area contributed by atoms with Gasteiger partial charge in [-0.3, -0.25) is 4.79 Å². The molecule has 3 heteroatoms. The minimum Gasteiger partial charge on any atom is -0.384 e. The monoisotopic (exact) mass is 259 g/mol. The van der Waals surface area contributed by atoms with Crippen molar-refractivity contribution in [2.45, 2.75) is 26.7 Å². The fourth-order valence-corrected chi connectivity index (χ4v) is 1.84. The zero-order chi connectivity index (χ0) is 14.3. The molecule has 1 N–H and O–H groups in total. The summed E-state index contributed by atoms with van der Waals surface area (Å²) in [4.78, 5) is 14.1. The van der Waals surface area contributed by atoms with E-state index in [1.807, 2.05) is 32.2 Å². The van der Waals surface area contributed by atoms with E-state index in [1.165, 1.54) is 0 Å². The Morgan fingerprint density at radius 3 is 2.79 bits per heavy atom. The average Bonchev–Trinajstić information content (AvgIpc) is 2.43. The van der Waals surface area contributed by atoms with Gasteiger partial charge in [-0.25, -0.2) is 0 Å². The van der Waals surface area contributed by atoms with E-state index in [4.69, 9.17) is 5.11 Å². The van der Waals surface area contributed by atoms with Crippen molar-refractivity contribution in [3.8, 4) is 11.8 Å². The molecular formula is C16H21NO2. The molecule has 0 aromatic heterocycles. The Morgan fingerprint density at radius 1 is 1.42 bits per heavy atom. The second kappa shape index (κ2) is 7.60. The van der Waals surface area contributed by atoms with Gasteiger partial charge in [-0.2, -0.15) is 0 Å². The van der Waals surface area contributed by atoms with Crippen LogP contribution >= 0.6 is 0 Å². The van der Waals surface area contributed by atoms with E-state index in [1.54, 1.807) is 4.90 Å². The number of nitrogens with zero attached hydrogens (tertiary/aromatic N) is 1. The third kappa shape index (κ3) is 4.11. The number of amides is 1. The highest BCUT2D eigenvalue weighted by Crippen LogP contribution is 2.15. The Kier molecular flexibility index (Phi) is 6.11. The Bertz CT molecular complexity index is 497. The van der Waals surface area contributed by atoms with Crippen LogP contribution < -0.4 is 0 Å². The summed E-state index contributed by atoms with van der Waals surface area (Å²) in [6.07, 6.45) is 2.07. The van der Waals surface area contributed by atoms with Crippen LogP contribution in [0.1, 0.15) is 41.3 Å². The second-order valence-electron chi connectivity index (χ2n) is 4.52. The van der Waals surface area contributed by atoms with Gasteiger partial charge in [0.2, 0.25) is 0 Å². The largest absolute Gasteiger partial charge is 0.384 e. The molecule has 0 atom stereocenters. The highest BCUT2D eigenvalue weighted by Gasteiger charge is 2.14. The van der Waals surface area contributed by atoms with Crippen LogP contribution in [-0.4, -0.2) is 36.1 Å². The third-order valence-electron chi connectivity index (χ3n) is 3.06. The van der Waals surface area contributed by atoms with Gasteiger partial charge in [-0.1, -0.05) is 31.3 Å². The SMILES string of the molecule is CCCCN(C)C(=O)c1cccc(C#CCO)c1C. The van der Waals surface area contributed by atoms with Crippen LogP contribution in [0.2, 0.25) is 0 Å². The van der Waals surface area contributed by atoms with Gasteiger partial charge in [-0.05, 0) is 31.0 Å². The first kappa shape index (κ1) is 15.3. The van der Waals surface area contributed by atoms with Gasteiger partial charge in [0.05, 0.1) is 0 Å². The third-order valence-corrected chi connectivity index (χ3v) is 3.06. The van der Waals surface area contributed by atoms with Crippen LogP contribution in [-0.2, 0) is 0 Å². The van der Waals surface area contributed by atoms with E-state index in [9.17, 15) is 4.79 Å². The number of benzene rings is 1. The number of unbranched alkanes of at least 4 members (excludes halogenated alkanes) is 1. The summed E-state index contributed by atoms with van der Waals surface area (Å²) in [6, 6.07) is 5.51. The van der Waals surface area contributed by atoms with Crippen LogP contribution in [0.3, 0.4) is 0 Å². The maximum Gasteiger partial charge on any atom is 0.253 e. The number of rotatable bonds is 4. The zero-order valence-corrected chi connectivity index (χ0v) is 11.9. The fourth-order valence-electron chi connectivity index (χ4n) is 1.84. The van der Waals surface area contributed by atoms with Crippen molar-refractivity contribution in [1.82, 2.24) is 4.90 Å². The first-order chi connectivity index (χ1) is 9.11. The van der Waals surface area contributed by atoms with Gasteiger partial charge >= 0.3 is 0 Å². The molecule has 1 aromatic rings. The second-order valence-corrected chi connectivity index (χ2v) is 4.52. The summed E-state index contributed by atoms with van der Waals surface area (Å²) < 4.78 is 0. The van der Waals surface area contributed by atoms with Gasteiger partial charge in [0, 0.05) is 24.7 Å². The Hall–Kier alpha value is -1.79. The quantitative estimate of drug-likeness (QED) is 0.842. The van der Waals surface area contributed by atoms with Gasteiger partial charge in [0.1, 0.15) is 6.61 Å². The molecule has 0 heterocycles. The molecule has 0 bridgehead atoms. The minimum atomic E-state index is -0.173. The van der Waals surface area contributed by atoms with E-state index in [0.717, 1.165) is 30.5 Å². The number of carbonyl (C=O) groups excluding carboxylic acids is 1. The summed E-state index contributed by atoms with van der Waals surface area (Å²) >= 11 is 0. The minimum absolute atomic E-state index is 0.0265. The van der Waals surface area contributed by atoms with Gasteiger partial charge in [-0.15, -0.1) is 0 Å². The standard InChI is InChI=1S/C16H21NO2/c1-4-5-11-17(3)16(19)15-10-6-8-14(13(15)2)9-7-12-18/h6,8,10,18H,4-5,11-12H2,1-3H3. The Balaban J connectivity index is 2.97. The lowest BCUT2D eigenvalue weighted by molar-refractivity contribution is 0.0792. The van der Waals surface area contributed by atoms with Gasteiger partial charge in [0.25, 0.3) is 5.91 Å². The molecule has 1 rings (SSSR count). The van der Waals surface area contributed by atoms with Gasteiger partial charge in [0.15, 0.2) is 0 Å². The lowest BCUT2D eigenvalue weighted by Crippen LogP contribution is -2.28. The van der Waals surface area contributed by atoms with E-state index < -0.39 is 0 Å². The van der Waals surface area contributed by atoms with Crippen LogP contribution in [0.4, 0.5) is 0 Å². The molecule has 1 aromatic carbocycles. The van der Waals surface area contributed by atoms with E-state index in [2.05, 4.69) is 18.8 Å². The van der Waals surface area contributed by atoms with Crippen LogP contribution in [0.5, 0.6) is 0 Å². The molecular weight excluding hydrogens is 238 g/mol. The highest BCUT2D eigenvalue weighted by molar-refractivity contribution is 5.96. The van der Waals surface area contributed by atoms with Crippen molar-refractivity contribution in [3.63, 3.8) is 0 Å². The lowest BCUT2D eigenvalue weighted by Gasteiger charge is -2.18. The smallest absolute Gasteiger partial charge is 0.253 e. The topological polar surface area (TPSA) is 40.5 Å². The van der Waals surface area contributed by atoms with Crippen LogP contribution in [0, 0.1) is 18.8 Å². The molecule has 1 amide bonds. The fraction of sp³-hybridized carbons (Fsp3) is 0.438. The van der Waals surface area contributed by atoms with Crippen LogP contribution in [0.25, 0.3) is 0 Å². The maximum absolute atomic E-state index is 12.3. The molecule has 3 nitrogen and oxygen atoms in total. The summed E-state index contributed by atoms with van der Waals surface area (Å²) in [5.41, 5.74) is 2.35. The molecule has 0 aliphatic carbocycles. The Labute approximate surface area is 115 Å². The molecule has 0 aliphatic heterocycles. The first-order valence-electron chi connectivity index (χ1n) is 6.56. The van der Waals surface area contributed by atoms with Crippen LogP contribution in [0.15, 0.2) is 18.2 Å². The summed E-state index contributed by atoms with van der Waals surface area (Å²) in [7, 11) is 1.82. The van der Waals surface area contributed by atoms with Crippen molar-refractivity contribution in [2.75, 3.05) is 20.2 Å². The van der Waals surface area contributed by atoms with Crippen molar-refractivity contribution >= 4 is 5.91 Å². The van der Waals surface area contributed by atoms with E-state index in [0.29, 0.717) is 5.56 Å². The van der Waals surface area contributed by atoms with E-state index in [-0.39, 0.29) is 12.5 Å². The number of hydrogen-bond acceptors (Lipinski definition) is 2. The summed E-state index contributed by atoms with van der Waals surface area (Å²) in [5, 5.41) is 8.73. The maximum atomic E-state index is 12.3. The predicted molar refractivity (Wildman–Crippen MR) is 77.0 cm³/mol. The number of aliphatic hydroxyl groups is 1. The first-order valence-corrected chi connectivity index (χ1v) is 6.56. The molecule has 0 spiro atoms. The molecule has 0 aliphatic rings. The molecule has 19 heavy (non-hydrogen) atoms. The summed E-state index contributed by atoms with van der Waals surface area (Å²) in [5.74, 6) is 5.51. The molecule has 0 radical (unpaired) electrons. The normalized spacial score (nSPS) is 9.68. The van der Waals surface area contributed by atoms with Crippen molar-refractivity contribution in [1.29, 1.82) is 0 Å². The van der Waals surface area contributed by atoms with Gasteiger partial charge < -0.3 is 10.0 Å². The number of carbonyl (C=O) groups is 1. The predicted octanol–water partition coefficient (Wildman–Crippen LogP) is 2.21. The lowest BCUT2D eigenvalue weighted by atomic mass is 10.0. The number of hydrogen-bond donors (Lipinski definition) is 1. The molecule has 0 saturated carbocycles. The molecule has 0 unspecified atom stereocenters. The van der Waals surface area contributed by atoms with Crippen molar-refractivity contribution in [2.24, 2.45) is 0 Å². The highest BCUT2D eigenvalue weighted by atomic mass is 16.2. The molecule has 0 fully saturated rings. The number of aliphatic hydroxyl groups excluding tert-OH is 1. The van der Waals surface area contributed by atoms with E-state index >= 15 is 0 Å². The van der Waals surface area contributed by atoms with Crippen molar-refractivity contribution in [3.05, 3.63) is 34.9 Å². The average molecular weight is 259 g/mol. The summed E-state index contributed by atoms with van der Waals surface area (Å²) in [6.45, 7) is 4.59. The Morgan fingerprint density at radius 2 is 2.16 bits per heavy atom. The molecule has 102 valence electrons.